The predicted octanol–water partition coefficient (Wildman–Crippen LogP) is 7.04. The van der Waals surface area contributed by atoms with Gasteiger partial charge in [-0.15, -0.1) is 0 Å². The smallest absolute Gasteiger partial charge is 0.289 e. The van der Waals surface area contributed by atoms with Crippen molar-refractivity contribution in [3.8, 4) is 11.1 Å². The van der Waals surface area contributed by atoms with E-state index in [4.69, 9.17) is 19.6 Å². The Morgan fingerprint density at radius 3 is 2.69 bits per heavy atom. The molecule has 1 atom stereocenters. The molecule has 2 fully saturated rings. The van der Waals surface area contributed by atoms with Gasteiger partial charge in [0.25, 0.3) is 11.8 Å². The quantitative estimate of drug-likeness (QED) is 0.0937. The number of nitrogens with one attached hydrogen (secondary N) is 4. The summed E-state index contributed by atoms with van der Waals surface area (Å²) in [7, 11) is 0. The molecule has 2 aromatic carbocycles. The molecule has 316 valence electrons. The van der Waals surface area contributed by atoms with Crippen molar-refractivity contribution in [2.75, 3.05) is 5.32 Å². The van der Waals surface area contributed by atoms with E-state index in [1.165, 1.54) is 0 Å². The number of benzene rings is 2. The van der Waals surface area contributed by atoms with E-state index >= 15 is 0 Å². The van der Waals surface area contributed by atoms with Crippen molar-refractivity contribution in [3.05, 3.63) is 112 Å². The Bertz CT molecular complexity index is 2950. The maximum absolute atomic E-state index is 13.9. The number of amides is 3. The number of H-pyrrole nitrogens is 1. The fourth-order valence-electron chi connectivity index (χ4n) is 9.05. The zero-order valence-electron chi connectivity index (χ0n) is 35.3. The van der Waals surface area contributed by atoms with Gasteiger partial charge in [-0.25, -0.2) is 19.6 Å². The van der Waals surface area contributed by atoms with Gasteiger partial charge in [0.2, 0.25) is 11.7 Å². The molecule has 7 heterocycles. The summed E-state index contributed by atoms with van der Waals surface area (Å²) < 4.78 is 9.44. The number of imidazole rings is 1. The second-order valence-electron chi connectivity index (χ2n) is 16.7. The highest BCUT2D eigenvalue weighted by atomic mass is 16.5. The molecule has 3 amide bonds. The Balaban J connectivity index is 0.853. The normalized spacial score (nSPS) is 16.4. The number of fused-ring (bicyclic) bond motifs is 4. The van der Waals surface area contributed by atoms with Crippen LogP contribution in [0.1, 0.15) is 105 Å². The molecule has 16 nitrogen and oxygen atoms in total. The molecule has 0 spiro atoms. The highest BCUT2D eigenvalue weighted by Crippen LogP contribution is 2.41. The standard InChI is InChI=1S/C46H48N12O4/c1-6-58-38(19-35(54-58)29-13-14-29)51-42-40-33-17-24(2)32(39-26(4)55-62-27(39)5)18-36(33)50-41(40)52-43(53-42)45(60)47-20-30-21-56(23-48-30)16-8-10-28-9-7-11-31-34(28)22-57(46(31)61)37-15-12-25(3)49-44(37)59/h7,9,11,17-19,21,23,29,37H,3,6,8,10,12-16,20,22H2,1-2,4-5H3,(H,47,60)(H,49,59)(H2,50,51,52,53). The summed E-state index contributed by atoms with van der Waals surface area (Å²) in [5.74, 6) is 1.84. The van der Waals surface area contributed by atoms with Crippen LogP contribution >= 0.6 is 0 Å². The third-order valence-electron chi connectivity index (χ3n) is 12.4. The molecule has 4 N–H and O–H groups in total. The Morgan fingerprint density at radius 2 is 1.92 bits per heavy atom. The minimum absolute atomic E-state index is 0.0145. The third-order valence-corrected chi connectivity index (χ3v) is 12.4. The topological polar surface area (TPSA) is 194 Å². The molecule has 1 saturated heterocycles. The molecular weight excluding hydrogens is 785 g/mol. The number of aryl methyl sites for hydroxylation is 6. The molecule has 2 aliphatic heterocycles. The first-order chi connectivity index (χ1) is 30.0. The highest BCUT2D eigenvalue weighted by Gasteiger charge is 2.39. The number of carbonyl (C=O) groups excluding carboxylic acids is 3. The first-order valence-corrected chi connectivity index (χ1v) is 21.3. The first kappa shape index (κ1) is 39.1. The lowest BCUT2D eigenvalue weighted by Gasteiger charge is -2.31. The Labute approximate surface area is 357 Å². The summed E-state index contributed by atoms with van der Waals surface area (Å²) in [6.07, 6.45) is 8.76. The molecule has 7 aromatic rings. The van der Waals surface area contributed by atoms with Crippen LogP contribution in [0.5, 0.6) is 0 Å². The monoisotopic (exact) mass is 832 g/mol. The van der Waals surface area contributed by atoms with E-state index in [1.807, 2.05) is 41.4 Å². The molecule has 62 heavy (non-hydrogen) atoms. The fourth-order valence-corrected chi connectivity index (χ4v) is 9.05. The van der Waals surface area contributed by atoms with Crippen LogP contribution in [0.4, 0.5) is 11.6 Å². The van der Waals surface area contributed by atoms with E-state index in [2.05, 4.69) is 75.8 Å². The zero-order chi connectivity index (χ0) is 42.8. The lowest BCUT2D eigenvalue weighted by molar-refractivity contribution is -0.126. The number of aromatic amines is 1. The molecule has 10 rings (SSSR count). The number of nitrogens with zero attached hydrogens (tertiary/aromatic N) is 8. The van der Waals surface area contributed by atoms with Crippen molar-refractivity contribution in [1.29, 1.82) is 0 Å². The fraction of sp³-hybridized carbons (Fsp3) is 0.348. The first-order valence-electron chi connectivity index (χ1n) is 21.3. The van der Waals surface area contributed by atoms with Gasteiger partial charge in [0.15, 0.2) is 0 Å². The molecule has 3 aliphatic rings. The van der Waals surface area contributed by atoms with Crippen LogP contribution in [0.25, 0.3) is 33.1 Å². The van der Waals surface area contributed by atoms with Gasteiger partial charge in [0.1, 0.15) is 29.1 Å². The van der Waals surface area contributed by atoms with E-state index in [1.54, 1.807) is 11.2 Å². The van der Waals surface area contributed by atoms with E-state index in [-0.39, 0.29) is 24.2 Å². The lowest BCUT2D eigenvalue weighted by atomic mass is 9.97. The number of allylic oxidation sites excluding steroid dienone is 1. The van der Waals surface area contributed by atoms with Crippen molar-refractivity contribution in [2.24, 2.45) is 0 Å². The number of rotatable bonds is 13. The van der Waals surface area contributed by atoms with E-state index in [0.29, 0.717) is 66.8 Å². The molecule has 0 bridgehead atoms. The average Bonchev–Trinajstić information content (AvgIpc) is 3.51. The average molecular weight is 833 g/mol. The van der Waals surface area contributed by atoms with Crippen molar-refractivity contribution in [3.63, 3.8) is 0 Å². The minimum atomic E-state index is -0.491. The molecule has 1 aliphatic carbocycles. The van der Waals surface area contributed by atoms with Crippen LogP contribution in [-0.2, 0) is 37.4 Å². The highest BCUT2D eigenvalue weighted by molar-refractivity contribution is 6.13. The number of anilines is 2. The van der Waals surface area contributed by atoms with E-state index < -0.39 is 11.9 Å². The van der Waals surface area contributed by atoms with E-state index in [9.17, 15) is 14.4 Å². The molecule has 16 heteroatoms. The summed E-state index contributed by atoms with van der Waals surface area (Å²) in [5.41, 5.74) is 10.4. The van der Waals surface area contributed by atoms with Crippen molar-refractivity contribution in [1.82, 2.24) is 55.0 Å². The van der Waals surface area contributed by atoms with Gasteiger partial charge in [0, 0.05) is 65.5 Å². The number of carbonyl (C=O) groups is 3. The number of aromatic nitrogens is 8. The lowest BCUT2D eigenvalue weighted by Crippen LogP contribution is -2.49. The maximum Gasteiger partial charge on any atom is 0.289 e. The largest absolute Gasteiger partial charge is 0.361 e. The summed E-state index contributed by atoms with van der Waals surface area (Å²) in [5, 5.41) is 20.1. The summed E-state index contributed by atoms with van der Waals surface area (Å²) in [4.78, 5) is 59.3. The SMILES string of the molecule is C=C1CCC(N2Cc3c(CCCn4cnc(CNC(=O)c5nc(Nc6cc(C7CC7)nn6CC)c6c(n5)[nH]c5cc(-c7c(C)noc7C)c(C)cc56)c4)cccc3C2=O)C(=O)N1. The molecule has 1 saturated carbocycles. The Kier molecular flexibility index (Phi) is 9.72. The second kappa shape index (κ2) is 15.4. The second-order valence-corrected chi connectivity index (χ2v) is 16.7. The summed E-state index contributed by atoms with van der Waals surface area (Å²) in [6.45, 7) is 13.8. The van der Waals surface area contributed by atoms with Crippen LogP contribution < -0.4 is 16.0 Å². The van der Waals surface area contributed by atoms with Gasteiger partial charge >= 0.3 is 0 Å². The van der Waals surface area contributed by atoms with Gasteiger partial charge < -0.3 is 34.9 Å². The summed E-state index contributed by atoms with van der Waals surface area (Å²) >= 11 is 0. The maximum atomic E-state index is 13.9. The van der Waals surface area contributed by atoms with Crippen LogP contribution in [0.2, 0.25) is 0 Å². The van der Waals surface area contributed by atoms with Crippen LogP contribution in [-0.4, -0.2) is 68.1 Å². The molecule has 0 radical (unpaired) electrons. The molecule has 1 unspecified atom stereocenters. The van der Waals surface area contributed by atoms with Crippen molar-refractivity contribution >= 4 is 51.3 Å². The van der Waals surface area contributed by atoms with Gasteiger partial charge in [0.05, 0.1) is 35.3 Å². The Hall–Kier alpha value is -7.10. The van der Waals surface area contributed by atoms with Crippen molar-refractivity contribution in [2.45, 2.75) is 104 Å². The van der Waals surface area contributed by atoms with Gasteiger partial charge in [-0.1, -0.05) is 23.9 Å². The van der Waals surface area contributed by atoms with Gasteiger partial charge in [-0.3, -0.25) is 14.4 Å². The van der Waals surface area contributed by atoms with Gasteiger partial charge in [-0.05, 0) is 107 Å². The van der Waals surface area contributed by atoms with Gasteiger partial charge in [-0.2, -0.15) is 5.10 Å². The number of hydrogen-bond acceptors (Lipinski definition) is 10. The number of piperidine rings is 1. The van der Waals surface area contributed by atoms with Crippen LogP contribution in [0.15, 0.2) is 65.7 Å². The summed E-state index contributed by atoms with van der Waals surface area (Å²) in [6, 6.07) is 11.6. The van der Waals surface area contributed by atoms with E-state index in [0.717, 1.165) is 92.8 Å². The number of hydrogen-bond donors (Lipinski definition) is 4. The minimum Gasteiger partial charge on any atom is -0.361 e. The van der Waals surface area contributed by atoms with Crippen molar-refractivity contribution < 1.29 is 18.9 Å². The Morgan fingerprint density at radius 1 is 1.06 bits per heavy atom. The predicted molar refractivity (Wildman–Crippen MR) is 233 cm³/mol. The molecular formula is C46H48N12O4. The zero-order valence-corrected chi connectivity index (χ0v) is 35.3. The van der Waals surface area contributed by atoms with Crippen LogP contribution in [0.3, 0.4) is 0 Å². The third kappa shape index (κ3) is 7.08. The molecule has 5 aromatic heterocycles. The van der Waals surface area contributed by atoms with Crippen LogP contribution in [0, 0.1) is 20.8 Å².